The summed E-state index contributed by atoms with van der Waals surface area (Å²) in [4.78, 5) is 14.4. The first-order valence-electron chi connectivity index (χ1n) is 8.21. The number of aryl methyl sites for hydroxylation is 1. The SMILES string of the molecule is CCc1ccc2c(c1)C(N1CCC(C)(OC)CC1)=CC(=O)C2. The van der Waals surface area contributed by atoms with E-state index in [1.54, 1.807) is 7.11 Å². The van der Waals surface area contributed by atoms with E-state index in [4.69, 9.17) is 4.74 Å². The fourth-order valence-corrected chi connectivity index (χ4v) is 3.39. The number of benzene rings is 1. The Morgan fingerprint density at radius 2 is 2.00 bits per heavy atom. The molecule has 22 heavy (non-hydrogen) atoms. The van der Waals surface area contributed by atoms with Crippen LogP contribution in [0.3, 0.4) is 0 Å². The van der Waals surface area contributed by atoms with Gasteiger partial charge >= 0.3 is 0 Å². The van der Waals surface area contributed by atoms with Gasteiger partial charge in [-0.2, -0.15) is 0 Å². The fraction of sp³-hybridized carbons (Fsp3) is 0.526. The van der Waals surface area contributed by atoms with Gasteiger partial charge in [0.2, 0.25) is 0 Å². The molecule has 0 bridgehead atoms. The summed E-state index contributed by atoms with van der Waals surface area (Å²) in [6.45, 7) is 6.23. The van der Waals surface area contributed by atoms with Crippen molar-refractivity contribution >= 4 is 11.5 Å². The lowest BCUT2D eigenvalue weighted by Crippen LogP contribution is -2.43. The van der Waals surface area contributed by atoms with E-state index in [1.807, 2.05) is 6.08 Å². The van der Waals surface area contributed by atoms with Gasteiger partial charge < -0.3 is 9.64 Å². The molecule has 1 aliphatic carbocycles. The third-order valence-corrected chi connectivity index (χ3v) is 5.18. The van der Waals surface area contributed by atoms with Crippen molar-refractivity contribution in [2.45, 2.75) is 45.1 Å². The highest BCUT2D eigenvalue weighted by Crippen LogP contribution is 2.34. The maximum atomic E-state index is 12.1. The monoisotopic (exact) mass is 299 g/mol. The second-order valence-corrected chi connectivity index (χ2v) is 6.66. The second-order valence-electron chi connectivity index (χ2n) is 6.66. The molecule has 0 unspecified atom stereocenters. The molecule has 1 heterocycles. The predicted octanol–water partition coefficient (Wildman–Crippen LogP) is 3.22. The van der Waals surface area contributed by atoms with Crippen molar-refractivity contribution in [2.75, 3.05) is 20.2 Å². The Kier molecular flexibility index (Phi) is 4.09. The molecule has 1 aromatic carbocycles. The molecule has 2 aliphatic rings. The maximum absolute atomic E-state index is 12.1. The number of carbonyl (C=O) groups excluding carboxylic acids is 1. The lowest BCUT2D eigenvalue weighted by Gasteiger charge is -2.41. The van der Waals surface area contributed by atoms with Crippen LogP contribution in [0.25, 0.3) is 5.70 Å². The van der Waals surface area contributed by atoms with Crippen LogP contribution in [0, 0.1) is 0 Å². The number of likely N-dealkylation sites (tertiary alicyclic amines) is 1. The summed E-state index contributed by atoms with van der Waals surface area (Å²) in [5.74, 6) is 0.215. The number of methoxy groups -OCH3 is 1. The summed E-state index contributed by atoms with van der Waals surface area (Å²) >= 11 is 0. The minimum absolute atomic E-state index is 0.0240. The Hall–Kier alpha value is -1.61. The van der Waals surface area contributed by atoms with Crippen LogP contribution in [0.15, 0.2) is 24.3 Å². The number of rotatable bonds is 3. The highest BCUT2D eigenvalue weighted by molar-refractivity contribution is 6.01. The zero-order valence-corrected chi connectivity index (χ0v) is 13.8. The molecule has 3 heteroatoms. The van der Waals surface area contributed by atoms with E-state index in [0.717, 1.165) is 38.0 Å². The predicted molar refractivity (Wildman–Crippen MR) is 88.7 cm³/mol. The average molecular weight is 299 g/mol. The summed E-state index contributed by atoms with van der Waals surface area (Å²) in [5.41, 5.74) is 4.83. The third kappa shape index (κ3) is 2.82. The van der Waals surface area contributed by atoms with Gasteiger partial charge in [-0.3, -0.25) is 4.79 Å². The Morgan fingerprint density at radius 1 is 1.27 bits per heavy atom. The molecule has 0 radical (unpaired) electrons. The molecule has 0 atom stereocenters. The van der Waals surface area contributed by atoms with Crippen molar-refractivity contribution < 1.29 is 9.53 Å². The zero-order valence-electron chi connectivity index (χ0n) is 13.8. The largest absolute Gasteiger partial charge is 0.378 e. The summed E-state index contributed by atoms with van der Waals surface area (Å²) in [6, 6.07) is 6.53. The van der Waals surface area contributed by atoms with Gasteiger partial charge in [0, 0.05) is 44.0 Å². The topological polar surface area (TPSA) is 29.5 Å². The lowest BCUT2D eigenvalue weighted by atomic mass is 9.88. The van der Waals surface area contributed by atoms with Gasteiger partial charge in [-0.05, 0) is 43.4 Å². The van der Waals surface area contributed by atoms with E-state index < -0.39 is 0 Å². The van der Waals surface area contributed by atoms with Gasteiger partial charge in [0.05, 0.1) is 5.60 Å². The van der Waals surface area contributed by atoms with Gasteiger partial charge in [-0.25, -0.2) is 0 Å². The third-order valence-electron chi connectivity index (χ3n) is 5.18. The van der Waals surface area contributed by atoms with Crippen molar-refractivity contribution in [3.05, 3.63) is 41.0 Å². The number of ether oxygens (including phenoxy) is 1. The van der Waals surface area contributed by atoms with E-state index in [0.29, 0.717) is 6.42 Å². The highest BCUT2D eigenvalue weighted by Gasteiger charge is 2.32. The maximum Gasteiger partial charge on any atom is 0.162 e. The van der Waals surface area contributed by atoms with Crippen molar-refractivity contribution in [1.82, 2.24) is 4.90 Å². The Balaban J connectivity index is 1.89. The number of nitrogens with zero attached hydrogens (tertiary/aromatic N) is 1. The molecule has 0 N–H and O–H groups in total. The molecule has 118 valence electrons. The number of piperidine rings is 1. The molecule has 0 saturated carbocycles. The Bertz CT molecular complexity index is 610. The van der Waals surface area contributed by atoms with Crippen LogP contribution in [-0.4, -0.2) is 36.5 Å². The molecule has 3 rings (SSSR count). The first-order chi connectivity index (χ1) is 10.5. The quantitative estimate of drug-likeness (QED) is 0.858. The summed E-state index contributed by atoms with van der Waals surface area (Å²) in [5, 5.41) is 0. The van der Waals surface area contributed by atoms with E-state index >= 15 is 0 Å². The molecule has 1 fully saturated rings. The Morgan fingerprint density at radius 3 is 2.64 bits per heavy atom. The van der Waals surface area contributed by atoms with Crippen LogP contribution >= 0.6 is 0 Å². The zero-order chi connectivity index (χ0) is 15.7. The smallest absolute Gasteiger partial charge is 0.162 e. The van der Waals surface area contributed by atoms with Crippen molar-refractivity contribution in [2.24, 2.45) is 0 Å². The fourth-order valence-electron chi connectivity index (χ4n) is 3.39. The van der Waals surface area contributed by atoms with Gasteiger partial charge in [-0.15, -0.1) is 0 Å². The van der Waals surface area contributed by atoms with Crippen LogP contribution in [-0.2, 0) is 22.4 Å². The molecule has 1 aromatic rings. The number of carbonyl (C=O) groups is 1. The first-order valence-corrected chi connectivity index (χ1v) is 8.21. The number of allylic oxidation sites excluding steroid dienone is 1. The van der Waals surface area contributed by atoms with Crippen LogP contribution in [0.4, 0.5) is 0 Å². The van der Waals surface area contributed by atoms with Gasteiger partial charge in [-0.1, -0.05) is 19.1 Å². The second kappa shape index (κ2) is 5.88. The highest BCUT2D eigenvalue weighted by atomic mass is 16.5. The van der Waals surface area contributed by atoms with Gasteiger partial charge in [0.25, 0.3) is 0 Å². The molecular formula is C19H25NO2. The van der Waals surface area contributed by atoms with Crippen molar-refractivity contribution in [1.29, 1.82) is 0 Å². The molecule has 0 spiro atoms. The summed E-state index contributed by atoms with van der Waals surface area (Å²) in [6.07, 6.45) is 5.40. The van der Waals surface area contributed by atoms with Gasteiger partial charge in [0.15, 0.2) is 5.78 Å². The lowest BCUT2D eigenvalue weighted by molar-refractivity contribution is -0.114. The number of fused-ring (bicyclic) bond motifs is 1. The average Bonchev–Trinajstić information content (AvgIpc) is 2.54. The van der Waals surface area contributed by atoms with Crippen LogP contribution in [0.1, 0.15) is 43.4 Å². The van der Waals surface area contributed by atoms with Gasteiger partial charge in [0.1, 0.15) is 0 Å². The molecular weight excluding hydrogens is 274 g/mol. The van der Waals surface area contributed by atoms with Crippen LogP contribution in [0.2, 0.25) is 0 Å². The molecule has 1 aliphatic heterocycles. The number of hydrogen-bond donors (Lipinski definition) is 0. The van der Waals surface area contributed by atoms with Crippen LogP contribution < -0.4 is 0 Å². The minimum Gasteiger partial charge on any atom is -0.378 e. The van der Waals surface area contributed by atoms with Crippen molar-refractivity contribution in [3.8, 4) is 0 Å². The summed E-state index contributed by atoms with van der Waals surface area (Å²) < 4.78 is 5.63. The van der Waals surface area contributed by atoms with Crippen molar-refractivity contribution in [3.63, 3.8) is 0 Å². The molecule has 3 nitrogen and oxygen atoms in total. The van der Waals surface area contributed by atoms with E-state index in [9.17, 15) is 4.79 Å². The number of hydrogen-bond acceptors (Lipinski definition) is 3. The standard InChI is InChI=1S/C19H25NO2/c1-4-14-5-6-15-12-16(21)13-18(17(15)11-14)20-9-7-19(2,22-3)8-10-20/h5-6,11,13H,4,7-10,12H2,1-3H3. The normalized spacial score (nSPS) is 20.6. The van der Waals surface area contributed by atoms with E-state index in [1.165, 1.54) is 16.7 Å². The molecule has 0 aromatic heterocycles. The molecule has 1 saturated heterocycles. The first kappa shape index (κ1) is 15.3. The minimum atomic E-state index is -0.0240. The van der Waals surface area contributed by atoms with E-state index in [-0.39, 0.29) is 11.4 Å². The summed E-state index contributed by atoms with van der Waals surface area (Å²) in [7, 11) is 1.79. The number of ketones is 1. The van der Waals surface area contributed by atoms with E-state index in [2.05, 4.69) is 36.9 Å². The molecule has 0 amide bonds. The van der Waals surface area contributed by atoms with Crippen LogP contribution in [0.5, 0.6) is 0 Å². The Labute approximate surface area is 133 Å².